The lowest BCUT2D eigenvalue weighted by molar-refractivity contribution is -0.130. The van der Waals surface area contributed by atoms with E-state index in [1.54, 1.807) is 0 Å². The third kappa shape index (κ3) is 5.67. The summed E-state index contributed by atoms with van der Waals surface area (Å²) < 4.78 is 0. The lowest BCUT2D eigenvalue weighted by atomic mass is 10.0. The highest BCUT2D eigenvalue weighted by Gasteiger charge is 2.20. The molecule has 1 rings (SSSR count). The van der Waals surface area contributed by atoms with Crippen LogP contribution in [0.25, 0.3) is 0 Å². The molecule has 0 aromatic heterocycles. The molecule has 0 saturated carbocycles. The molecule has 1 heterocycles. The Hall–Kier alpha value is -0.830. The number of hydrogen-bond acceptors (Lipinski definition) is 2. The number of nitrogens with one attached hydrogen (secondary N) is 1. The third-order valence-electron chi connectivity index (χ3n) is 3.38. The fourth-order valence-corrected chi connectivity index (χ4v) is 2.06. The van der Waals surface area contributed by atoms with Crippen LogP contribution in [0.4, 0.5) is 0 Å². The predicted octanol–water partition coefficient (Wildman–Crippen LogP) is 2.58. The van der Waals surface area contributed by atoms with Crippen molar-refractivity contribution in [1.29, 1.82) is 0 Å². The van der Waals surface area contributed by atoms with Crippen LogP contribution in [-0.4, -0.2) is 36.0 Å². The van der Waals surface area contributed by atoms with Crippen molar-refractivity contribution < 1.29 is 4.79 Å². The van der Waals surface area contributed by atoms with Crippen LogP contribution in [0, 0.1) is 5.92 Å². The number of rotatable bonds is 4. The van der Waals surface area contributed by atoms with Gasteiger partial charge in [0.15, 0.2) is 0 Å². The first-order valence-electron chi connectivity index (χ1n) is 6.97. The molecule has 1 aliphatic heterocycles. The Labute approximate surface area is 112 Å². The molecule has 104 valence electrons. The molecule has 0 spiro atoms. The molecule has 1 fully saturated rings. The van der Waals surface area contributed by atoms with E-state index in [1.807, 2.05) is 4.90 Å². The Morgan fingerprint density at radius 1 is 1.44 bits per heavy atom. The summed E-state index contributed by atoms with van der Waals surface area (Å²) in [5.74, 6) is 0.955. The topological polar surface area (TPSA) is 32.3 Å². The van der Waals surface area contributed by atoms with Gasteiger partial charge in [-0.2, -0.15) is 0 Å². The van der Waals surface area contributed by atoms with E-state index >= 15 is 0 Å². The second-order valence-electron chi connectivity index (χ2n) is 6.60. The smallest absolute Gasteiger partial charge is 0.222 e. The molecule has 1 N–H and O–H groups in total. The van der Waals surface area contributed by atoms with Gasteiger partial charge in [-0.05, 0) is 45.1 Å². The first-order valence-corrected chi connectivity index (χ1v) is 6.97. The molecule has 0 bridgehead atoms. The minimum absolute atomic E-state index is 0.0975. The van der Waals surface area contributed by atoms with E-state index in [2.05, 4.69) is 39.6 Å². The van der Waals surface area contributed by atoms with E-state index < -0.39 is 0 Å². The lowest BCUT2D eigenvalue weighted by Gasteiger charge is -2.25. The maximum absolute atomic E-state index is 12.0. The molecule has 18 heavy (non-hydrogen) atoms. The zero-order valence-electron chi connectivity index (χ0n) is 12.4. The number of hydrogen-bond donors (Lipinski definition) is 1. The predicted molar refractivity (Wildman–Crippen MR) is 76.5 cm³/mol. The molecule has 1 amide bonds. The summed E-state index contributed by atoms with van der Waals surface area (Å²) in [5.41, 5.74) is 1.19. The van der Waals surface area contributed by atoms with E-state index in [4.69, 9.17) is 0 Å². The highest BCUT2D eigenvalue weighted by molar-refractivity contribution is 5.76. The van der Waals surface area contributed by atoms with E-state index in [1.165, 1.54) is 0 Å². The van der Waals surface area contributed by atoms with Gasteiger partial charge in [-0.15, -0.1) is 0 Å². The minimum Gasteiger partial charge on any atom is -0.339 e. The molecule has 3 heteroatoms. The molecule has 1 aliphatic rings. The van der Waals surface area contributed by atoms with Crippen LogP contribution >= 0.6 is 0 Å². The largest absolute Gasteiger partial charge is 0.339 e. The van der Waals surface area contributed by atoms with Crippen LogP contribution in [-0.2, 0) is 4.79 Å². The summed E-state index contributed by atoms with van der Waals surface area (Å²) in [5, 5.41) is 3.41. The summed E-state index contributed by atoms with van der Waals surface area (Å²) in [6.45, 7) is 15.1. The Morgan fingerprint density at radius 3 is 2.72 bits per heavy atom. The first-order chi connectivity index (χ1) is 8.28. The van der Waals surface area contributed by atoms with Gasteiger partial charge in [0, 0.05) is 31.6 Å². The summed E-state index contributed by atoms with van der Waals surface area (Å²) in [4.78, 5) is 13.9. The Kier molecular flexibility index (Phi) is 5.39. The zero-order valence-corrected chi connectivity index (χ0v) is 12.4. The Morgan fingerprint density at radius 2 is 2.11 bits per heavy atom. The van der Waals surface area contributed by atoms with Gasteiger partial charge in [0.2, 0.25) is 5.91 Å². The van der Waals surface area contributed by atoms with Crippen molar-refractivity contribution in [1.82, 2.24) is 10.2 Å². The van der Waals surface area contributed by atoms with Gasteiger partial charge in [0.05, 0.1) is 0 Å². The van der Waals surface area contributed by atoms with Crippen molar-refractivity contribution in [2.45, 2.75) is 52.5 Å². The molecule has 0 aromatic rings. The summed E-state index contributed by atoms with van der Waals surface area (Å²) >= 11 is 0. The van der Waals surface area contributed by atoms with Gasteiger partial charge in [-0.3, -0.25) is 4.79 Å². The van der Waals surface area contributed by atoms with Crippen LogP contribution in [0.2, 0.25) is 0 Å². The van der Waals surface area contributed by atoms with Gasteiger partial charge in [0.25, 0.3) is 0 Å². The number of amides is 1. The minimum atomic E-state index is 0.0975. The molecular weight excluding hydrogens is 224 g/mol. The maximum atomic E-state index is 12.0. The SMILES string of the molecule is C=C(CNC(C)(C)C)CN1CCC(C)CCC1=O. The van der Waals surface area contributed by atoms with Gasteiger partial charge < -0.3 is 10.2 Å². The first kappa shape index (κ1) is 15.2. The standard InChI is InChI=1S/C15H28N2O/c1-12-6-7-14(18)17(9-8-12)11-13(2)10-16-15(3,4)5/h12,16H,2,6-11H2,1,3-5H3. The second kappa shape index (κ2) is 6.37. The molecule has 0 aromatic carbocycles. The molecule has 3 nitrogen and oxygen atoms in total. The average molecular weight is 252 g/mol. The van der Waals surface area contributed by atoms with E-state index in [9.17, 15) is 4.79 Å². The van der Waals surface area contributed by atoms with Crippen molar-refractivity contribution in [2.24, 2.45) is 5.92 Å². The highest BCUT2D eigenvalue weighted by Crippen LogP contribution is 2.18. The maximum Gasteiger partial charge on any atom is 0.222 e. The van der Waals surface area contributed by atoms with Gasteiger partial charge in [0.1, 0.15) is 0 Å². The van der Waals surface area contributed by atoms with Gasteiger partial charge in [-0.25, -0.2) is 0 Å². The van der Waals surface area contributed by atoms with Crippen LogP contribution in [0.5, 0.6) is 0 Å². The molecule has 1 saturated heterocycles. The monoisotopic (exact) mass is 252 g/mol. The molecule has 1 atom stereocenters. The molecule has 0 aliphatic carbocycles. The van der Waals surface area contributed by atoms with Gasteiger partial charge >= 0.3 is 0 Å². The fraction of sp³-hybridized carbons (Fsp3) is 0.800. The lowest BCUT2D eigenvalue weighted by Crippen LogP contribution is -2.40. The number of carbonyl (C=O) groups is 1. The average Bonchev–Trinajstić information content (AvgIpc) is 2.41. The number of carbonyl (C=O) groups excluding carboxylic acids is 1. The summed E-state index contributed by atoms with van der Waals surface area (Å²) in [7, 11) is 0. The second-order valence-corrected chi connectivity index (χ2v) is 6.60. The van der Waals surface area contributed by atoms with Crippen molar-refractivity contribution in [3.63, 3.8) is 0 Å². The quantitative estimate of drug-likeness (QED) is 0.780. The molecule has 0 radical (unpaired) electrons. The zero-order chi connectivity index (χ0) is 13.8. The Balaban J connectivity index is 2.40. The molecule has 1 unspecified atom stereocenters. The van der Waals surface area contributed by atoms with E-state index in [0.717, 1.165) is 31.5 Å². The van der Waals surface area contributed by atoms with E-state index in [0.29, 0.717) is 18.9 Å². The Bertz CT molecular complexity index is 304. The van der Waals surface area contributed by atoms with Crippen molar-refractivity contribution in [3.8, 4) is 0 Å². The highest BCUT2D eigenvalue weighted by atomic mass is 16.2. The molecular formula is C15H28N2O. The van der Waals surface area contributed by atoms with Crippen molar-refractivity contribution >= 4 is 5.91 Å². The van der Waals surface area contributed by atoms with Gasteiger partial charge in [-0.1, -0.05) is 13.5 Å². The summed E-state index contributed by atoms with van der Waals surface area (Å²) in [6, 6.07) is 0. The normalized spacial score (nSPS) is 21.9. The van der Waals surface area contributed by atoms with Crippen molar-refractivity contribution in [3.05, 3.63) is 12.2 Å². The number of nitrogens with zero attached hydrogens (tertiary/aromatic N) is 1. The summed E-state index contributed by atoms with van der Waals surface area (Å²) in [6.07, 6.45) is 2.84. The third-order valence-corrected chi connectivity index (χ3v) is 3.38. The number of likely N-dealkylation sites (tertiary alicyclic amines) is 1. The fourth-order valence-electron chi connectivity index (χ4n) is 2.06. The van der Waals surface area contributed by atoms with Crippen LogP contribution in [0.3, 0.4) is 0 Å². The van der Waals surface area contributed by atoms with Crippen LogP contribution in [0.15, 0.2) is 12.2 Å². The van der Waals surface area contributed by atoms with Crippen molar-refractivity contribution in [2.75, 3.05) is 19.6 Å². The van der Waals surface area contributed by atoms with Crippen LogP contribution < -0.4 is 5.32 Å². The van der Waals surface area contributed by atoms with E-state index in [-0.39, 0.29) is 11.4 Å². The van der Waals surface area contributed by atoms with Crippen LogP contribution in [0.1, 0.15) is 47.0 Å².